The Labute approximate surface area is 173 Å². The number of H-pyrrole nitrogens is 1. The first-order valence-corrected chi connectivity index (χ1v) is 9.78. The van der Waals surface area contributed by atoms with Gasteiger partial charge in [0.05, 0.1) is 16.0 Å². The minimum absolute atomic E-state index is 0.0333. The molecule has 4 rings (SSSR count). The fourth-order valence-electron chi connectivity index (χ4n) is 3.09. The normalized spacial score (nSPS) is 12.7. The number of aromatic amines is 1. The van der Waals surface area contributed by atoms with E-state index in [2.05, 4.69) is 25.9 Å². The van der Waals surface area contributed by atoms with Crippen molar-refractivity contribution in [2.45, 2.75) is 13.5 Å². The van der Waals surface area contributed by atoms with E-state index >= 15 is 0 Å². The Balaban J connectivity index is 1.55. The summed E-state index contributed by atoms with van der Waals surface area (Å²) in [6.45, 7) is 1.78. The first kappa shape index (κ1) is 19.6. The molecule has 1 aromatic carbocycles. The number of hydrogen-bond acceptors (Lipinski definition) is 7. The number of rotatable bonds is 4. The van der Waals surface area contributed by atoms with Gasteiger partial charge in [0, 0.05) is 13.6 Å². The SMILES string of the molecule is CNC(=O)c1sc2nc(C(=O)NCc3ccc4c(c3)NC(=O)CO4)[nH]c(=O)c2c1C. The minimum Gasteiger partial charge on any atom is -0.482 e. The van der Waals surface area contributed by atoms with Crippen LogP contribution in [0.3, 0.4) is 0 Å². The van der Waals surface area contributed by atoms with E-state index < -0.39 is 11.5 Å². The molecule has 0 fully saturated rings. The summed E-state index contributed by atoms with van der Waals surface area (Å²) in [5, 5.41) is 8.19. The van der Waals surface area contributed by atoms with Gasteiger partial charge in [-0.1, -0.05) is 6.07 Å². The van der Waals surface area contributed by atoms with Gasteiger partial charge < -0.3 is 25.7 Å². The molecule has 2 aromatic heterocycles. The van der Waals surface area contributed by atoms with Crippen LogP contribution in [0.4, 0.5) is 5.69 Å². The van der Waals surface area contributed by atoms with Crippen molar-refractivity contribution in [2.75, 3.05) is 19.0 Å². The first-order valence-electron chi connectivity index (χ1n) is 8.96. The van der Waals surface area contributed by atoms with E-state index in [0.29, 0.717) is 32.1 Å². The first-order chi connectivity index (χ1) is 14.4. The Bertz CT molecular complexity index is 1260. The van der Waals surface area contributed by atoms with Gasteiger partial charge in [0.25, 0.3) is 23.3 Å². The molecular formula is C19H17N5O5S. The Morgan fingerprint density at radius 1 is 1.27 bits per heavy atom. The van der Waals surface area contributed by atoms with Gasteiger partial charge in [0.2, 0.25) is 5.82 Å². The highest BCUT2D eigenvalue weighted by atomic mass is 32.1. The second-order valence-corrected chi connectivity index (χ2v) is 7.58. The average Bonchev–Trinajstić information content (AvgIpc) is 3.07. The van der Waals surface area contributed by atoms with E-state index in [4.69, 9.17) is 4.74 Å². The summed E-state index contributed by atoms with van der Waals surface area (Å²) in [5.74, 6) is -0.724. The third kappa shape index (κ3) is 3.50. The number of amides is 3. The van der Waals surface area contributed by atoms with Crippen LogP contribution in [0.2, 0.25) is 0 Å². The third-order valence-corrected chi connectivity index (χ3v) is 5.76. The molecule has 0 aliphatic carbocycles. The molecule has 1 aliphatic rings. The van der Waals surface area contributed by atoms with Gasteiger partial charge in [-0.25, -0.2) is 4.98 Å². The van der Waals surface area contributed by atoms with Gasteiger partial charge in [-0.2, -0.15) is 0 Å². The fraction of sp³-hybridized carbons (Fsp3) is 0.211. The third-order valence-electron chi connectivity index (χ3n) is 4.58. The van der Waals surface area contributed by atoms with Gasteiger partial charge in [-0.05, 0) is 30.2 Å². The van der Waals surface area contributed by atoms with Crippen molar-refractivity contribution >= 4 is 45.0 Å². The van der Waals surface area contributed by atoms with Crippen LogP contribution in [0, 0.1) is 6.92 Å². The van der Waals surface area contributed by atoms with E-state index in [1.54, 1.807) is 25.1 Å². The zero-order chi connectivity index (χ0) is 21.4. The van der Waals surface area contributed by atoms with E-state index in [0.717, 1.165) is 16.9 Å². The largest absolute Gasteiger partial charge is 0.482 e. The Kier molecular flexibility index (Phi) is 4.96. The molecule has 0 radical (unpaired) electrons. The number of ether oxygens (including phenoxy) is 1. The van der Waals surface area contributed by atoms with Crippen molar-refractivity contribution in [2.24, 2.45) is 0 Å². The predicted molar refractivity (Wildman–Crippen MR) is 110 cm³/mol. The molecule has 0 unspecified atom stereocenters. The number of nitrogens with zero attached hydrogens (tertiary/aromatic N) is 1. The Hall–Kier alpha value is -3.73. The summed E-state index contributed by atoms with van der Waals surface area (Å²) in [4.78, 5) is 55.8. The molecule has 0 atom stereocenters. The van der Waals surface area contributed by atoms with E-state index in [9.17, 15) is 19.2 Å². The highest BCUT2D eigenvalue weighted by molar-refractivity contribution is 7.20. The van der Waals surface area contributed by atoms with Crippen molar-refractivity contribution in [1.29, 1.82) is 0 Å². The Morgan fingerprint density at radius 3 is 2.83 bits per heavy atom. The van der Waals surface area contributed by atoms with Crippen LogP contribution in [0.5, 0.6) is 5.75 Å². The lowest BCUT2D eigenvalue weighted by Crippen LogP contribution is -2.28. The lowest BCUT2D eigenvalue weighted by Gasteiger charge is -2.18. The highest BCUT2D eigenvalue weighted by Gasteiger charge is 2.20. The number of anilines is 1. The molecule has 0 bridgehead atoms. The number of thiophene rings is 1. The molecule has 0 saturated heterocycles. The molecule has 3 heterocycles. The average molecular weight is 427 g/mol. The van der Waals surface area contributed by atoms with Crippen LogP contribution >= 0.6 is 11.3 Å². The number of hydrogen-bond donors (Lipinski definition) is 4. The summed E-state index contributed by atoms with van der Waals surface area (Å²) in [7, 11) is 1.50. The van der Waals surface area contributed by atoms with Crippen LogP contribution in [-0.2, 0) is 11.3 Å². The van der Waals surface area contributed by atoms with Gasteiger partial charge in [0.1, 0.15) is 10.6 Å². The predicted octanol–water partition coefficient (Wildman–Crippen LogP) is 0.914. The molecule has 3 amide bonds. The van der Waals surface area contributed by atoms with Gasteiger partial charge in [0.15, 0.2) is 6.61 Å². The lowest BCUT2D eigenvalue weighted by atomic mass is 10.1. The molecule has 30 heavy (non-hydrogen) atoms. The number of aromatic nitrogens is 2. The standard InChI is InChI=1S/C19H17N5O5S/c1-8-13-16(26)23-15(24-19(13)30-14(8)17(27)20-2)18(28)21-6-9-3-4-11-10(5-9)22-12(25)7-29-11/h3-5H,6-7H2,1-2H3,(H,20,27)(H,21,28)(H,22,25)(H,23,24,26). The van der Waals surface area contributed by atoms with Crippen molar-refractivity contribution < 1.29 is 19.1 Å². The summed E-state index contributed by atoms with van der Waals surface area (Å²) in [6.07, 6.45) is 0. The van der Waals surface area contributed by atoms with E-state index in [-0.39, 0.29) is 30.8 Å². The zero-order valence-corrected chi connectivity index (χ0v) is 16.9. The number of aryl methyl sites for hydroxylation is 1. The zero-order valence-electron chi connectivity index (χ0n) is 16.0. The van der Waals surface area contributed by atoms with Crippen LogP contribution in [-0.4, -0.2) is 41.3 Å². The lowest BCUT2D eigenvalue weighted by molar-refractivity contribution is -0.118. The van der Waals surface area contributed by atoms with Gasteiger partial charge >= 0.3 is 0 Å². The number of fused-ring (bicyclic) bond motifs is 2. The van der Waals surface area contributed by atoms with Gasteiger partial charge in [-0.15, -0.1) is 11.3 Å². The summed E-state index contributed by atoms with van der Waals surface area (Å²) in [6, 6.07) is 5.16. The quantitative estimate of drug-likeness (QED) is 0.488. The molecule has 10 nitrogen and oxygen atoms in total. The molecule has 4 N–H and O–H groups in total. The monoisotopic (exact) mass is 427 g/mol. The Morgan fingerprint density at radius 2 is 2.07 bits per heavy atom. The van der Waals surface area contributed by atoms with Crippen molar-refractivity contribution in [3.63, 3.8) is 0 Å². The molecule has 0 saturated carbocycles. The topological polar surface area (TPSA) is 142 Å². The molecular weight excluding hydrogens is 410 g/mol. The van der Waals surface area contributed by atoms with Crippen LogP contribution < -0.4 is 26.2 Å². The van der Waals surface area contributed by atoms with Crippen LogP contribution in [0.25, 0.3) is 10.2 Å². The second-order valence-electron chi connectivity index (χ2n) is 6.58. The minimum atomic E-state index is -0.570. The van der Waals surface area contributed by atoms with Crippen molar-refractivity contribution in [3.8, 4) is 5.75 Å². The smallest absolute Gasteiger partial charge is 0.287 e. The number of carbonyl (C=O) groups is 3. The number of carbonyl (C=O) groups excluding carboxylic acids is 3. The maximum absolute atomic E-state index is 12.5. The number of benzene rings is 1. The summed E-state index contributed by atoms with van der Waals surface area (Å²) < 4.78 is 5.30. The molecule has 0 spiro atoms. The van der Waals surface area contributed by atoms with Crippen LogP contribution in [0.15, 0.2) is 23.0 Å². The maximum atomic E-state index is 12.5. The highest BCUT2D eigenvalue weighted by Crippen LogP contribution is 2.29. The van der Waals surface area contributed by atoms with Crippen LogP contribution in [0.1, 0.15) is 31.4 Å². The molecule has 11 heteroatoms. The van der Waals surface area contributed by atoms with E-state index in [1.807, 2.05) is 0 Å². The molecule has 154 valence electrons. The van der Waals surface area contributed by atoms with Crippen molar-refractivity contribution in [3.05, 3.63) is 50.4 Å². The number of nitrogens with one attached hydrogen (secondary N) is 4. The summed E-state index contributed by atoms with van der Waals surface area (Å²) >= 11 is 1.06. The molecule has 3 aromatic rings. The second kappa shape index (κ2) is 7.59. The fourth-order valence-corrected chi connectivity index (χ4v) is 4.22. The molecule has 1 aliphatic heterocycles. The van der Waals surface area contributed by atoms with Crippen molar-refractivity contribution in [1.82, 2.24) is 20.6 Å². The summed E-state index contributed by atoms with van der Waals surface area (Å²) in [5.41, 5.74) is 1.29. The van der Waals surface area contributed by atoms with E-state index in [1.165, 1.54) is 7.05 Å². The maximum Gasteiger partial charge on any atom is 0.287 e. The van der Waals surface area contributed by atoms with Gasteiger partial charge in [-0.3, -0.25) is 19.2 Å².